The van der Waals surface area contributed by atoms with Crippen molar-refractivity contribution in [3.8, 4) is 0 Å². The largest absolute Gasteiger partial charge is 0.481 e. The summed E-state index contributed by atoms with van der Waals surface area (Å²) < 4.78 is 0. The maximum absolute atomic E-state index is 11.6. The van der Waals surface area contributed by atoms with Crippen molar-refractivity contribution in [3.63, 3.8) is 0 Å². The molecule has 126 valence electrons. The van der Waals surface area contributed by atoms with E-state index in [1.807, 2.05) is 0 Å². The van der Waals surface area contributed by atoms with Gasteiger partial charge in [0.1, 0.15) is 0 Å². The van der Waals surface area contributed by atoms with Gasteiger partial charge in [-0.1, -0.05) is 30.7 Å². The minimum absolute atomic E-state index is 0.0186. The molecule has 0 aliphatic rings. The number of urea groups is 1. The van der Waals surface area contributed by atoms with E-state index in [1.165, 1.54) is 0 Å². The van der Waals surface area contributed by atoms with Gasteiger partial charge in [-0.25, -0.2) is 4.79 Å². The number of benzene rings is 1. The van der Waals surface area contributed by atoms with E-state index < -0.39 is 12.0 Å². The van der Waals surface area contributed by atoms with Crippen LogP contribution >= 0.6 is 11.6 Å². The Kier molecular flexibility index (Phi) is 7.90. The lowest BCUT2D eigenvalue weighted by molar-refractivity contribution is -0.138. The van der Waals surface area contributed by atoms with E-state index in [1.54, 1.807) is 31.2 Å². The van der Waals surface area contributed by atoms with Crippen LogP contribution in [0.5, 0.6) is 0 Å². The summed E-state index contributed by atoms with van der Waals surface area (Å²) in [7, 11) is 0. The Labute approximate surface area is 139 Å². The summed E-state index contributed by atoms with van der Waals surface area (Å²) in [4.78, 5) is 33.6. The highest BCUT2D eigenvalue weighted by molar-refractivity contribution is 6.30. The van der Waals surface area contributed by atoms with E-state index in [9.17, 15) is 14.4 Å². The van der Waals surface area contributed by atoms with Crippen molar-refractivity contribution >= 4 is 29.5 Å². The Balaban J connectivity index is 2.18. The molecule has 0 saturated carbocycles. The first-order valence-corrected chi connectivity index (χ1v) is 7.49. The third-order valence-electron chi connectivity index (χ3n) is 2.95. The zero-order chi connectivity index (χ0) is 17.2. The Hall–Kier alpha value is -2.28. The number of hydrogen-bond acceptors (Lipinski definition) is 3. The normalized spacial score (nSPS) is 11.4. The molecule has 0 radical (unpaired) electrons. The summed E-state index contributed by atoms with van der Waals surface area (Å²) in [5.74, 6) is -1.45. The molecule has 8 heteroatoms. The first-order chi connectivity index (χ1) is 10.9. The van der Waals surface area contributed by atoms with Gasteiger partial charge in [0.15, 0.2) is 0 Å². The molecule has 0 heterocycles. The summed E-state index contributed by atoms with van der Waals surface area (Å²) in [6, 6.07) is 6.57. The van der Waals surface area contributed by atoms with Gasteiger partial charge in [0, 0.05) is 24.5 Å². The Morgan fingerprint density at radius 2 is 1.78 bits per heavy atom. The van der Waals surface area contributed by atoms with Gasteiger partial charge in [-0.3, -0.25) is 9.59 Å². The maximum atomic E-state index is 11.6. The van der Waals surface area contributed by atoms with E-state index >= 15 is 0 Å². The molecule has 0 aliphatic carbocycles. The molecule has 0 saturated heterocycles. The number of carboxylic acid groups (broad SMARTS) is 1. The van der Waals surface area contributed by atoms with Crippen molar-refractivity contribution in [3.05, 3.63) is 34.9 Å². The second-order valence-electron chi connectivity index (χ2n) is 5.17. The van der Waals surface area contributed by atoms with Gasteiger partial charge in [0.2, 0.25) is 5.91 Å². The molecule has 4 N–H and O–H groups in total. The minimum atomic E-state index is -0.911. The number of carboxylic acids is 1. The summed E-state index contributed by atoms with van der Waals surface area (Å²) >= 11 is 5.76. The van der Waals surface area contributed by atoms with Gasteiger partial charge in [-0.05, 0) is 23.6 Å². The number of rotatable bonds is 8. The highest BCUT2D eigenvalue weighted by atomic mass is 35.5. The van der Waals surface area contributed by atoms with Crippen molar-refractivity contribution in [2.45, 2.75) is 19.9 Å². The van der Waals surface area contributed by atoms with Crippen molar-refractivity contribution in [1.29, 1.82) is 0 Å². The van der Waals surface area contributed by atoms with Gasteiger partial charge in [-0.15, -0.1) is 0 Å². The molecule has 1 atom stereocenters. The lowest BCUT2D eigenvalue weighted by Crippen LogP contribution is -2.42. The Morgan fingerprint density at radius 1 is 1.13 bits per heavy atom. The van der Waals surface area contributed by atoms with Crippen molar-refractivity contribution in [2.75, 3.05) is 13.1 Å². The topological polar surface area (TPSA) is 108 Å². The van der Waals surface area contributed by atoms with Crippen molar-refractivity contribution in [2.24, 2.45) is 5.92 Å². The second-order valence-corrected chi connectivity index (χ2v) is 5.61. The van der Waals surface area contributed by atoms with E-state index in [-0.39, 0.29) is 31.3 Å². The highest BCUT2D eigenvalue weighted by Gasteiger charge is 2.10. The molecule has 1 unspecified atom stereocenters. The minimum Gasteiger partial charge on any atom is -0.481 e. The average Bonchev–Trinajstić information content (AvgIpc) is 2.49. The first kappa shape index (κ1) is 18.8. The van der Waals surface area contributed by atoms with Gasteiger partial charge < -0.3 is 21.1 Å². The molecule has 1 aromatic rings. The van der Waals surface area contributed by atoms with E-state index in [4.69, 9.17) is 16.7 Å². The molecule has 0 aliphatic heterocycles. The van der Waals surface area contributed by atoms with Crippen LogP contribution in [-0.4, -0.2) is 36.1 Å². The number of hydrogen-bond donors (Lipinski definition) is 4. The fourth-order valence-electron chi connectivity index (χ4n) is 1.73. The zero-order valence-electron chi connectivity index (χ0n) is 12.8. The van der Waals surface area contributed by atoms with Crippen molar-refractivity contribution in [1.82, 2.24) is 16.0 Å². The average molecular weight is 342 g/mol. The van der Waals surface area contributed by atoms with Crippen LogP contribution in [0.4, 0.5) is 4.79 Å². The van der Waals surface area contributed by atoms with Gasteiger partial charge in [-0.2, -0.15) is 0 Å². The smallest absolute Gasteiger partial charge is 0.315 e. The van der Waals surface area contributed by atoms with E-state index in [0.29, 0.717) is 11.6 Å². The standard InChI is InChI=1S/C15H20ClN3O4/c1-10(6-14(21)22)7-17-13(20)9-19-15(23)18-8-11-2-4-12(16)5-3-11/h2-5,10H,6-9H2,1H3,(H,17,20)(H,21,22)(H2,18,19,23). The molecule has 0 spiro atoms. The second kappa shape index (κ2) is 9.68. The van der Waals surface area contributed by atoms with Gasteiger partial charge >= 0.3 is 12.0 Å². The van der Waals surface area contributed by atoms with Crippen LogP contribution in [-0.2, 0) is 16.1 Å². The lowest BCUT2D eigenvalue weighted by atomic mass is 10.1. The molecule has 3 amide bonds. The number of halogens is 1. The highest BCUT2D eigenvalue weighted by Crippen LogP contribution is 2.08. The Morgan fingerprint density at radius 3 is 2.39 bits per heavy atom. The third-order valence-corrected chi connectivity index (χ3v) is 3.20. The van der Waals surface area contributed by atoms with E-state index in [2.05, 4.69) is 16.0 Å². The van der Waals surface area contributed by atoms with Crippen LogP contribution in [0.2, 0.25) is 5.02 Å². The fourth-order valence-corrected chi connectivity index (χ4v) is 1.85. The third kappa shape index (κ3) is 8.67. The van der Waals surface area contributed by atoms with E-state index in [0.717, 1.165) is 5.56 Å². The SMILES string of the molecule is CC(CNC(=O)CNC(=O)NCc1ccc(Cl)cc1)CC(=O)O. The lowest BCUT2D eigenvalue weighted by Gasteiger charge is -2.11. The molecule has 1 rings (SSSR count). The number of aliphatic carboxylic acids is 1. The summed E-state index contributed by atoms with van der Waals surface area (Å²) in [6.45, 7) is 2.12. The number of carbonyl (C=O) groups is 3. The summed E-state index contributed by atoms with van der Waals surface area (Å²) in [5, 5.41) is 16.8. The van der Waals surface area contributed by atoms with Crippen LogP contribution < -0.4 is 16.0 Å². The van der Waals surface area contributed by atoms with Gasteiger partial charge in [0.25, 0.3) is 0 Å². The van der Waals surface area contributed by atoms with Crippen LogP contribution in [0.25, 0.3) is 0 Å². The number of amides is 3. The van der Waals surface area contributed by atoms with Crippen LogP contribution in [0.1, 0.15) is 18.9 Å². The van der Waals surface area contributed by atoms with Crippen molar-refractivity contribution < 1.29 is 19.5 Å². The molecular formula is C15H20ClN3O4. The molecule has 0 fully saturated rings. The predicted molar refractivity (Wildman–Crippen MR) is 86.1 cm³/mol. The fraction of sp³-hybridized carbons (Fsp3) is 0.400. The van der Waals surface area contributed by atoms with Crippen LogP contribution in [0.3, 0.4) is 0 Å². The maximum Gasteiger partial charge on any atom is 0.315 e. The summed E-state index contributed by atoms with van der Waals surface area (Å²) in [6.07, 6.45) is -0.0186. The number of carbonyl (C=O) groups excluding carboxylic acids is 2. The first-order valence-electron chi connectivity index (χ1n) is 7.11. The Bertz CT molecular complexity index is 548. The van der Waals surface area contributed by atoms with Crippen LogP contribution in [0, 0.1) is 5.92 Å². The number of nitrogens with one attached hydrogen (secondary N) is 3. The molecular weight excluding hydrogens is 322 g/mol. The molecule has 1 aromatic carbocycles. The van der Waals surface area contributed by atoms with Gasteiger partial charge in [0.05, 0.1) is 6.54 Å². The molecule has 0 aromatic heterocycles. The predicted octanol–water partition coefficient (Wildman–Crippen LogP) is 1.37. The summed E-state index contributed by atoms with van der Waals surface area (Å²) in [5.41, 5.74) is 0.886. The molecule has 0 bridgehead atoms. The quantitative estimate of drug-likeness (QED) is 0.572. The molecule has 23 heavy (non-hydrogen) atoms. The van der Waals surface area contributed by atoms with Crippen LogP contribution in [0.15, 0.2) is 24.3 Å². The zero-order valence-corrected chi connectivity index (χ0v) is 13.5. The molecule has 7 nitrogen and oxygen atoms in total. The monoisotopic (exact) mass is 341 g/mol.